The number of hydrogen-bond acceptors (Lipinski definition) is 4. The monoisotopic (exact) mass is 201 g/mol. The number of hydrogen-bond donors (Lipinski definition) is 3. The fraction of sp³-hybridized carbons (Fsp3) is 0.429. The van der Waals surface area contributed by atoms with Crippen LogP contribution >= 0.6 is 11.3 Å². The number of nitrogens with zero attached hydrogens (tertiary/aromatic N) is 1. The van der Waals surface area contributed by atoms with Gasteiger partial charge in [0.2, 0.25) is 0 Å². The van der Waals surface area contributed by atoms with Crippen molar-refractivity contribution in [1.82, 2.24) is 10.3 Å². The zero-order valence-corrected chi connectivity index (χ0v) is 7.80. The Hall–Kier alpha value is -1.14. The lowest BCUT2D eigenvalue weighted by Gasteiger charge is -2.03. The van der Waals surface area contributed by atoms with Gasteiger partial charge in [-0.15, -0.1) is 11.3 Å². The second kappa shape index (κ2) is 5.50. The molecule has 5 nitrogen and oxygen atoms in total. The van der Waals surface area contributed by atoms with Crippen molar-refractivity contribution in [2.75, 3.05) is 18.5 Å². The quantitative estimate of drug-likeness (QED) is 0.626. The number of rotatable bonds is 4. The summed E-state index contributed by atoms with van der Waals surface area (Å²) in [5.41, 5.74) is 0. The van der Waals surface area contributed by atoms with Gasteiger partial charge in [-0.1, -0.05) is 0 Å². The third-order valence-corrected chi connectivity index (χ3v) is 1.96. The van der Waals surface area contributed by atoms with Crippen molar-refractivity contribution < 1.29 is 9.90 Å². The molecule has 3 N–H and O–H groups in total. The van der Waals surface area contributed by atoms with E-state index in [1.807, 2.05) is 0 Å². The van der Waals surface area contributed by atoms with Crippen LogP contribution in [0.2, 0.25) is 0 Å². The first-order valence-corrected chi connectivity index (χ1v) is 4.76. The van der Waals surface area contributed by atoms with Gasteiger partial charge in [0, 0.05) is 24.7 Å². The maximum atomic E-state index is 11.0. The summed E-state index contributed by atoms with van der Waals surface area (Å²) in [6.07, 6.45) is 2.18. The van der Waals surface area contributed by atoms with E-state index in [0.717, 1.165) is 0 Å². The Morgan fingerprint density at radius 1 is 1.69 bits per heavy atom. The van der Waals surface area contributed by atoms with Crippen LogP contribution in [0.1, 0.15) is 6.42 Å². The van der Waals surface area contributed by atoms with Crippen molar-refractivity contribution in [2.24, 2.45) is 0 Å². The summed E-state index contributed by atoms with van der Waals surface area (Å²) in [6.45, 7) is 0.547. The van der Waals surface area contributed by atoms with Crippen molar-refractivity contribution in [2.45, 2.75) is 6.42 Å². The normalized spacial score (nSPS) is 9.62. The van der Waals surface area contributed by atoms with Crippen LogP contribution in [0, 0.1) is 0 Å². The second-order valence-electron chi connectivity index (χ2n) is 2.30. The Morgan fingerprint density at radius 2 is 2.54 bits per heavy atom. The molecule has 72 valence electrons. The molecular formula is C7H11N3O2S. The predicted molar refractivity (Wildman–Crippen MR) is 50.8 cm³/mol. The van der Waals surface area contributed by atoms with E-state index in [1.165, 1.54) is 11.3 Å². The number of aliphatic hydroxyl groups excluding tert-OH is 1. The van der Waals surface area contributed by atoms with Gasteiger partial charge in [-0.05, 0) is 6.42 Å². The van der Waals surface area contributed by atoms with Gasteiger partial charge < -0.3 is 10.4 Å². The zero-order chi connectivity index (χ0) is 9.52. The third kappa shape index (κ3) is 3.86. The molecule has 0 saturated carbocycles. The molecule has 0 aliphatic rings. The maximum Gasteiger partial charge on any atom is 0.321 e. The average molecular weight is 201 g/mol. The first-order valence-electron chi connectivity index (χ1n) is 3.88. The third-order valence-electron chi connectivity index (χ3n) is 1.27. The van der Waals surface area contributed by atoms with Gasteiger partial charge in [0.15, 0.2) is 5.13 Å². The molecule has 6 heteroatoms. The summed E-state index contributed by atoms with van der Waals surface area (Å²) < 4.78 is 0. The van der Waals surface area contributed by atoms with Gasteiger partial charge in [0.05, 0.1) is 0 Å². The molecule has 0 spiro atoms. The number of aliphatic hydroxyl groups is 1. The smallest absolute Gasteiger partial charge is 0.321 e. The first kappa shape index (κ1) is 9.94. The summed E-state index contributed by atoms with van der Waals surface area (Å²) in [5, 5.41) is 15.9. The van der Waals surface area contributed by atoms with Crippen LogP contribution < -0.4 is 10.6 Å². The fourth-order valence-corrected chi connectivity index (χ4v) is 1.23. The van der Waals surface area contributed by atoms with Crippen LogP contribution in [-0.4, -0.2) is 29.3 Å². The Kier molecular flexibility index (Phi) is 4.20. The fourth-order valence-electron chi connectivity index (χ4n) is 0.707. The average Bonchev–Trinajstić information content (AvgIpc) is 2.57. The highest BCUT2D eigenvalue weighted by Gasteiger charge is 2.01. The van der Waals surface area contributed by atoms with Crippen LogP contribution in [0.4, 0.5) is 9.93 Å². The molecule has 0 fully saturated rings. The Bertz CT molecular complexity index is 250. The van der Waals surface area contributed by atoms with E-state index in [1.54, 1.807) is 11.6 Å². The molecule has 1 rings (SSSR count). The zero-order valence-electron chi connectivity index (χ0n) is 6.99. The van der Waals surface area contributed by atoms with Gasteiger partial charge in [0.25, 0.3) is 0 Å². The second-order valence-corrected chi connectivity index (χ2v) is 3.19. The molecule has 13 heavy (non-hydrogen) atoms. The number of carbonyl (C=O) groups excluding carboxylic acids is 1. The molecular weight excluding hydrogens is 190 g/mol. The molecule has 0 atom stereocenters. The maximum absolute atomic E-state index is 11.0. The summed E-state index contributed by atoms with van der Waals surface area (Å²) >= 11 is 1.36. The van der Waals surface area contributed by atoms with Crippen molar-refractivity contribution in [3.8, 4) is 0 Å². The summed E-state index contributed by atoms with van der Waals surface area (Å²) in [4.78, 5) is 14.9. The van der Waals surface area contributed by atoms with E-state index in [4.69, 9.17) is 5.11 Å². The number of aromatic nitrogens is 1. The molecule has 1 heterocycles. The number of nitrogens with one attached hydrogen (secondary N) is 2. The number of carbonyl (C=O) groups is 1. The molecule has 0 saturated heterocycles. The van der Waals surface area contributed by atoms with Gasteiger partial charge >= 0.3 is 6.03 Å². The van der Waals surface area contributed by atoms with Gasteiger partial charge in [-0.2, -0.15) is 0 Å². The van der Waals surface area contributed by atoms with Crippen LogP contribution in [0.5, 0.6) is 0 Å². The number of amides is 2. The Labute approximate surface area is 79.8 Å². The molecule has 0 radical (unpaired) electrons. The van der Waals surface area contributed by atoms with E-state index in [2.05, 4.69) is 15.6 Å². The molecule has 1 aromatic rings. The standard InChI is InChI=1S/C7H11N3O2S/c11-4-1-2-8-6(12)10-7-9-3-5-13-7/h3,5,11H,1-2,4H2,(H2,8,9,10,12). The SMILES string of the molecule is O=C(NCCCO)Nc1nccs1. The van der Waals surface area contributed by atoms with Crippen LogP contribution in [0.3, 0.4) is 0 Å². The molecule has 2 amide bonds. The minimum Gasteiger partial charge on any atom is -0.396 e. The van der Waals surface area contributed by atoms with Crippen LogP contribution in [0.15, 0.2) is 11.6 Å². The topological polar surface area (TPSA) is 74.2 Å². The highest BCUT2D eigenvalue weighted by atomic mass is 32.1. The highest BCUT2D eigenvalue weighted by molar-refractivity contribution is 7.13. The minimum atomic E-state index is -0.289. The van der Waals surface area contributed by atoms with E-state index < -0.39 is 0 Å². The molecule has 0 aliphatic carbocycles. The highest BCUT2D eigenvalue weighted by Crippen LogP contribution is 2.09. The predicted octanol–water partition coefficient (Wildman–Crippen LogP) is 0.647. The first-order chi connectivity index (χ1) is 6.33. The van der Waals surface area contributed by atoms with E-state index in [0.29, 0.717) is 18.1 Å². The lowest BCUT2D eigenvalue weighted by Crippen LogP contribution is -2.29. The lowest BCUT2D eigenvalue weighted by molar-refractivity contribution is 0.249. The number of urea groups is 1. The Balaban J connectivity index is 2.18. The molecule has 0 unspecified atom stereocenters. The molecule has 1 aromatic heterocycles. The molecule has 0 aliphatic heterocycles. The summed E-state index contributed by atoms with van der Waals surface area (Å²) in [6, 6.07) is -0.289. The number of thiazole rings is 1. The van der Waals surface area contributed by atoms with Gasteiger partial charge in [-0.25, -0.2) is 9.78 Å². The molecule has 0 aromatic carbocycles. The van der Waals surface area contributed by atoms with E-state index >= 15 is 0 Å². The minimum absolute atomic E-state index is 0.0809. The lowest BCUT2D eigenvalue weighted by atomic mass is 10.4. The van der Waals surface area contributed by atoms with Crippen molar-refractivity contribution in [3.63, 3.8) is 0 Å². The van der Waals surface area contributed by atoms with Crippen molar-refractivity contribution >= 4 is 22.5 Å². The van der Waals surface area contributed by atoms with E-state index in [9.17, 15) is 4.79 Å². The van der Waals surface area contributed by atoms with Crippen molar-refractivity contribution in [1.29, 1.82) is 0 Å². The Morgan fingerprint density at radius 3 is 3.15 bits per heavy atom. The number of anilines is 1. The molecule has 0 bridgehead atoms. The van der Waals surface area contributed by atoms with Crippen molar-refractivity contribution in [3.05, 3.63) is 11.6 Å². The van der Waals surface area contributed by atoms with E-state index in [-0.39, 0.29) is 12.6 Å². The van der Waals surface area contributed by atoms with Crippen LogP contribution in [0.25, 0.3) is 0 Å². The summed E-state index contributed by atoms with van der Waals surface area (Å²) in [5.74, 6) is 0. The van der Waals surface area contributed by atoms with Gasteiger partial charge in [0.1, 0.15) is 0 Å². The van der Waals surface area contributed by atoms with Gasteiger partial charge in [-0.3, -0.25) is 5.32 Å². The largest absolute Gasteiger partial charge is 0.396 e. The summed E-state index contributed by atoms with van der Waals surface area (Å²) in [7, 11) is 0. The van der Waals surface area contributed by atoms with Crippen LogP contribution in [-0.2, 0) is 0 Å².